The van der Waals surface area contributed by atoms with Crippen LogP contribution in [-0.4, -0.2) is 22.7 Å². The number of hydrogen-bond acceptors (Lipinski definition) is 6. The fourth-order valence-electron chi connectivity index (χ4n) is 3.02. The molecular formula is C25H25N3O3S. The number of carbonyl (C=O) groups excluding carboxylic acids is 1. The number of unbranched alkanes of at least 4 members (excludes halogenated alkanes) is 1. The van der Waals surface area contributed by atoms with E-state index in [2.05, 4.69) is 22.4 Å². The minimum absolute atomic E-state index is 0.133. The second-order valence-corrected chi connectivity index (χ2v) is 8.57. The number of carbonyl (C=O) groups is 1. The number of ether oxygens (including phenoxy) is 1. The summed E-state index contributed by atoms with van der Waals surface area (Å²) in [5, 5.41) is 7.02. The van der Waals surface area contributed by atoms with Gasteiger partial charge in [0.25, 0.3) is 11.8 Å². The van der Waals surface area contributed by atoms with Crippen molar-refractivity contribution in [3.8, 4) is 27.9 Å². The molecule has 2 heterocycles. The predicted molar refractivity (Wildman–Crippen MR) is 126 cm³/mol. The first-order chi connectivity index (χ1) is 15.6. The van der Waals surface area contributed by atoms with Gasteiger partial charge in [0.2, 0.25) is 5.82 Å². The van der Waals surface area contributed by atoms with Crippen LogP contribution in [0.1, 0.15) is 40.6 Å². The molecule has 32 heavy (non-hydrogen) atoms. The van der Waals surface area contributed by atoms with Crippen LogP contribution in [0.3, 0.4) is 0 Å². The fraction of sp³-hybridized carbons (Fsp3) is 0.240. The number of aryl methyl sites for hydroxylation is 1. The molecule has 4 rings (SSSR count). The third kappa shape index (κ3) is 5.42. The molecule has 0 fully saturated rings. The van der Waals surface area contributed by atoms with Crippen molar-refractivity contribution in [2.75, 3.05) is 6.61 Å². The van der Waals surface area contributed by atoms with Crippen molar-refractivity contribution in [2.24, 2.45) is 0 Å². The van der Waals surface area contributed by atoms with E-state index in [4.69, 9.17) is 9.26 Å². The molecule has 2 aromatic heterocycles. The molecule has 0 radical (unpaired) electrons. The summed E-state index contributed by atoms with van der Waals surface area (Å²) >= 11 is 1.34. The Labute approximate surface area is 191 Å². The molecule has 6 nitrogen and oxygen atoms in total. The standard InChI is InChI=1S/C25H25N3O3S/c1-3-4-15-30-20-11-7-18(8-12-20)16-26-24(29)22-14-13-21(32-22)23-27-25(31-28-23)19-9-5-17(2)6-10-19/h5-14H,3-4,15-16H2,1-2H3,(H,26,29). The average Bonchev–Trinajstić information content (AvgIpc) is 3.49. The number of rotatable bonds is 9. The van der Waals surface area contributed by atoms with Gasteiger partial charge in [0, 0.05) is 12.1 Å². The molecule has 0 aliphatic carbocycles. The van der Waals surface area contributed by atoms with E-state index in [0.717, 1.165) is 41.2 Å². The Balaban J connectivity index is 1.34. The second kappa shape index (κ2) is 10.2. The molecule has 0 saturated carbocycles. The van der Waals surface area contributed by atoms with Crippen LogP contribution in [0.2, 0.25) is 0 Å². The molecule has 7 heteroatoms. The van der Waals surface area contributed by atoms with Crippen LogP contribution in [0.15, 0.2) is 65.2 Å². The molecule has 0 aliphatic rings. The van der Waals surface area contributed by atoms with E-state index in [9.17, 15) is 4.79 Å². The summed E-state index contributed by atoms with van der Waals surface area (Å²) in [6.45, 7) is 5.33. The van der Waals surface area contributed by atoms with E-state index >= 15 is 0 Å². The van der Waals surface area contributed by atoms with E-state index < -0.39 is 0 Å². The van der Waals surface area contributed by atoms with Gasteiger partial charge in [-0.2, -0.15) is 4.98 Å². The average molecular weight is 448 g/mol. The lowest BCUT2D eigenvalue weighted by Crippen LogP contribution is -2.21. The molecule has 1 N–H and O–H groups in total. The zero-order chi connectivity index (χ0) is 22.3. The molecule has 2 aromatic carbocycles. The maximum Gasteiger partial charge on any atom is 0.261 e. The molecule has 164 valence electrons. The third-order valence-corrected chi connectivity index (χ3v) is 6.00. The van der Waals surface area contributed by atoms with Crippen molar-refractivity contribution in [1.82, 2.24) is 15.5 Å². The number of hydrogen-bond donors (Lipinski definition) is 1. The third-order valence-electron chi connectivity index (χ3n) is 4.92. The Morgan fingerprint density at radius 2 is 1.84 bits per heavy atom. The van der Waals surface area contributed by atoms with Crippen LogP contribution >= 0.6 is 11.3 Å². The Morgan fingerprint density at radius 3 is 2.59 bits per heavy atom. The van der Waals surface area contributed by atoms with E-state index in [1.54, 1.807) is 6.07 Å². The summed E-state index contributed by atoms with van der Waals surface area (Å²) in [6.07, 6.45) is 2.15. The first-order valence-electron chi connectivity index (χ1n) is 10.6. The SMILES string of the molecule is CCCCOc1ccc(CNC(=O)c2ccc(-c3noc(-c4ccc(C)cc4)n3)s2)cc1. The van der Waals surface area contributed by atoms with E-state index in [1.807, 2.05) is 61.5 Å². The number of amides is 1. The monoisotopic (exact) mass is 447 g/mol. The number of nitrogens with zero attached hydrogens (tertiary/aromatic N) is 2. The van der Waals surface area contributed by atoms with Crippen molar-refractivity contribution in [2.45, 2.75) is 33.2 Å². The molecule has 0 spiro atoms. The van der Waals surface area contributed by atoms with Crippen molar-refractivity contribution in [3.05, 3.63) is 76.7 Å². The number of thiophene rings is 1. The Hall–Kier alpha value is -3.45. The van der Waals surface area contributed by atoms with Gasteiger partial charge in [-0.1, -0.05) is 48.3 Å². The molecule has 0 unspecified atom stereocenters. The van der Waals surface area contributed by atoms with Crippen molar-refractivity contribution in [3.63, 3.8) is 0 Å². The summed E-state index contributed by atoms with van der Waals surface area (Å²) in [5.74, 6) is 1.65. The summed E-state index contributed by atoms with van der Waals surface area (Å²) in [4.78, 5) is 18.4. The van der Waals surface area contributed by atoms with Gasteiger partial charge >= 0.3 is 0 Å². The lowest BCUT2D eigenvalue weighted by Gasteiger charge is -2.07. The maximum atomic E-state index is 12.6. The van der Waals surface area contributed by atoms with E-state index in [1.165, 1.54) is 16.9 Å². The van der Waals surface area contributed by atoms with Gasteiger partial charge in [-0.15, -0.1) is 11.3 Å². The maximum absolute atomic E-state index is 12.6. The molecular weight excluding hydrogens is 422 g/mol. The lowest BCUT2D eigenvalue weighted by atomic mass is 10.1. The fourth-order valence-corrected chi connectivity index (χ4v) is 3.87. The summed E-state index contributed by atoms with van der Waals surface area (Å²) in [6, 6.07) is 19.3. The van der Waals surface area contributed by atoms with Gasteiger partial charge in [-0.3, -0.25) is 4.79 Å². The minimum atomic E-state index is -0.133. The summed E-state index contributed by atoms with van der Waals surface area (Å²) in [5.41, 5.74) is 3.04. The Morgan fingerprint density at radius 1 is 1.06 bits per heavy atom. The smallest absolute Gasteiger partial charge is 0.261 e. The zero-order valence-corrected chi connectivity index (χ0v) is 18.9. The molecule has 4 aromatic rings. The van der Waals surface area contributed by atoms with Gasteiger partial charge in [0.1, 0.15) is 5.75 Å². The van der Waals surface area contributed by atoms with Gasteiger partial charge in [-0.25, -0.2) is 0 Å². The topological polar surface area (TPSA) is 77.2 Å². The first-order valence-corrected chi connectivity index (χ1v) is 11.4. The number of aromatic nitrogens is 2. The number of nitrogens with one attached hydrogen (secondary N) is 1. The molecule has 1 amide bonds. The highest BCUT2D eigenvalue weighted by atomic mass is 32.1. The van der Waals surface area contributed by atoms with E-state index in [-0.39, 0.29) is 5.91 Å². The first kappa shape index (κ1) is 21.8. The second-order valence-electron chi connectivity index (χ2n) is 7.48. The lowest BCUT2D eigenvalue weighted by molar-refractivity contribution is 0.0955. The molecule has 0 atom stereocenters. The Kier molecular flexibility index (Phi) is 6.97. The van der Waals surface area contributed by atoms with Gasteiger partial charge < -0.3 is 14.6 Å². The summed E-state index contributed by atoms with van der Waals surface area (Å²) in [7, 11) is 0. The number of benzene rings is 2. The van der Waals surface area contributed by atoms with Crippen molar-refractivity contribution in [1.29, 1.82) is 0 Å². The van der Waals surface area contributed by atoms with E-state index in [0.29, 0.717) is 23.1 Å². The Bertz CT molecular complexity index is 1160. The van der Waals surface area contributed by atoms with Crippen LogP contribution in [0.25, 0.3) is 22.2 Å². The van der Waals surface area contributed by atoms with Crippen LogP contribution in [-0.2, 0) is 6.54 Å². The summed E-state index contributed by atoms with van der Waals surface area (Å²) < 4.78 is 11.1. The van der Waals surface area contributed by atoms with Crippen LogP contribution in [0.5, 0.6) is 5.75 Å². The van der Waals surface area contributed by atoms with Crippen molar-refractivity contribution >= 4 is 17.2 Å². The zero-order valence-electron chi connectivity index (χ0n) is 18.1. The highest BCUT2D eigenvalue weighted by molar-refractivity contribution is 7.17. The molecule has 0 saturated heterocycles. The van der Waals surface area contributed by atoms with Crippen LogP contribution in [0.4, 0.5) is 0 Å². The van der Waals surface area contributed by atoms with Gasteiger partial charge in [0.15, 0.2) is 0 Å². The normalized spacial score (nSPS) is 10.8. The quantitative estimate of drug-likeness (QED) is 0.324. The highest BCUT2D eigenvalue weighted by Gasteiger charge is 2.15. The largest absolute Gasteiger partial charge is 0.494 e. The van der Waals surface area contributed by atoms with Crippen molar-refractivity contribution < 1.29 is 14.1 Å². The van der Waals surface area contributed by atoms with Crippen LogP contribution in [0, 0.1) is 6.92 Å². The molecule has 0 bridgehead atoms. The predicted octanol–water partition coefficient (Wildman–Crippen LogP) is 5.88. The van der Waals surface area contributed by atoms with Gasteiger partial charge in [-0.05, 0) is 55.3 Å². The minimum Gasteiger partial charge on any atom is -0.494 e. The van der Waals surface area contributed by atoms with Gasteiger partial charge in [0.05, 0.1) is 16.4 Å². The molecule has 0 aliphatic heterocycles. The highest BCUT2D eigenvalue weighted by Crippen LogP contribution is 2.28. The van der Waals surface area contributed by atoms with Crippen LogP contribution < -0.4 is 10.1 Å².